The Morgan fingerprint density at radius 1 is 1.17 bits per heavy atom. The minimum Gasteiger partial charge on any atom is -0.337 e. The lowest BCUT2D eigenvalue weighted by molar-refractivity contribution is -0.147. The third-order valence-corrected chi connectivity index (χ3v) is 5.99. The van der Waals surface area contributed by atoms with Crippen LogP contribution in [0, 0.1) is 0 Å². The Kier molecular flexibility index (Phi) is 5.22. The van der Waals surface area contributed by atoms with Crippen LogP contribution in [-0.2, 0) is 13.2 Å². The van der Waals surface area contributed by atoms with Crippen LogP contribution in [0.1, 0.15) is 35.2 Å². The van der Waals surface area contributed by atoms with Crippen molar-refractivity contribution in [2.45, 2.75) is 25.1 Å². The molecule has 3 aromatic rings. The zero-order valence-corrected chi connectivity index (χ0v) is 16.8. The molecule has 0 spiro atoms. The first kappa shape index (κ1) is 20.3. The fourth-order valence-corrected chi connectivity index (χ4v) is 4.30. The minimum atomic E-state index is -4.70. The predicted molar refractivity (Wildman–Crippen MR) is 104 cm³/mol. The van der Waals surface area contributed by atoms with E-state index >= 15 is 0 Å². The number of aromatic nitrogens is 4. The van der Waals surface area contributed by atoms with Gasteiger partial charge in [-0.25, -0.2) is 14.5 Å². The maximum atomic E-state index is 13.0. The molecule has 0 bridgehead atoms. The lowest BCUT2D eigenvalue weighted by Crippen LogP contribution is -2.41. The molecule has 1 aliphatic heterocycles. The van der Waals surface area contributed by atoms with Crippen molar-refractivity contribution in [3.63, 3.8) is 0 Å². The zero-order valence-electron chi connectivity index (χ0n) is 16.0. The number of carbonyl (C=O) groups is 1. The van der Waals surface area contributed by atoms with Crippen LogP contribution in [0.4, 0.5) is 13.2 Å². The highest BCUT2D eigenvalue weighted by Crippen LogP contribution is 2.29. The molecule has 158 valence electrons. The van der Waals surface area contributed by atoms with Gasteiger partial charge in [0, 0.05) is 31.1 Å². The first-order valence-electron chi connectivity index (χ1n) is 9.28. The van der Waals surface area contributed by atoms with E-state index < -0.39 is 23.7 Å². The average Bonchev–Trinajstić information content (AvgIpc) is 3.34. The third-order valence-electron chi connectivity index (χ3n) is 5.10. The number of likely N-dealkylation sites (tertiary alicyclic amines) is 1. The van der Waals surface area contributed by atoms with Gasteiger partial charge in [-0.2, -0.15) is 13.2 Å². The topological polar surface area (TPSA) is 73.0 Å². The Balaban J connectivity index is 1.45. The van der Waals surface area contributed by atoms with Crippen molar-refractivity contribution in [1.82, 2.24) is 24.2 Å². The molecule has 1 amide bonds. The van der Waals surface area contributed by atoms with Gasteiger partial charge >= 0.3 is 11.9 Å². The number of halogens is 3. The number of piperidine rings is 1. The summed E-state index contributed by atoms with van der Waals surface area (Å²) in [5, 5.41) is 5.95. The molecule has 7 nitrogen and oxygen atoms in total. The van der Waals surface area contributed by atoms with Crippen molar-refractivity contribution in [2.75, 3.05) is 13.1 Å². The van der Waals surface area contributed by atoms with Gasteiger partial charge in [0.05, 0.1) is 6.04 Å². The molecular formula is C19H18F3N5O2S. The first-order valence-corrected chi connectivity index (χ1v) is 10.2. The van der Waals surface area contributed by atoms with Crippen molar-refractivity contribution in [2.24, 2.45) is 7.05 Å². The number of alkyl halides is 3. The molecule has 1 fully saturated rings. The van der Waals surface area contributed by atoms with Gasteiger partial charge in [0.1, 0.15) is 10.7 Å². The Morgan fingerprint density at radius 2 is 1.83 bits per heavy atom. The van der Waals surface area contributed by atoms with Gasteiger partial charge in [-0.15, -0.1) is 16.4 Å². The lowest BCUT2D eigenvalue weighted by Gasteiger charge is -2.31. The second-order valence-corrected chi connectivity index (χ2v) is 7.89. The molecule has 2 aromatic heterocycles. The molecule has 1 saturated heterocycles. The number of carbonyl (C=O) groups excluding carboxylic acids is 1. The van der Waals surface area contributed by atoms with Crippen LogP contribution in [-0.4, -0.2) is 43.2 Å². The summed E-state index contributed by atoms with van der Waals surface area (Å²) >= 11 is 1.38. The van der Waals surface area contributed by atoms with E-state index in [0.29, 0.717) is 36.2 Å². The number of hydrogen-bond acceptors (Lipinski definition) is 5. The number of hydrogen-bond donors (Lipinski definition) is 0. The Bertz CT molecular complexity index is 1110. The van der Waals surface area contributed by atoms with E-state index in [0.717, 1.165) is 22.3 Å². The molecule has 1 aliphatic rings. The summed E-state index contributed by atoms with van der Waals surface area (Å²) in [7, 11) is 1.06. The summed E-state index contributed by atoms with van der Waals surface area (Å²) in [6, 6.07) is 9.04. The molecule has 11 heteroatoms. The molecule has 4 rings (SSSR count). The molecule has 0 atom stereocenters. The number of benzene rings is 1. The molecule has 30 heavy (non-hydrogen) atoms. The van der Waals surface area contributed by atoms with Gasteiger partial charge < -0.3 is 4.90 Å². The fourth-order valence-electron chi connectivity index (χ4n) is 3.50. The number of amides is 1. The molecule has 0 N–H and O–H groups in total. The normalized spacial score (nSPS) is 15.5. The van der Waals surface area contributed by atoms with Crippen molar-refractivity contribution in [3.05, 3.63) is 57.7 Å². The highest BCUT2D eigenvalue weighted by atomic mass is 32.1. The van der Waals surface area contributed by atoms with Crippen molar-refractivity contribution in [3.8, 4) is 10.6 Å². The van der Waals surface area contributed by atoms with E-state index in [1.54, 1.807) is 10.3 Å². The Labute approximate surface area is 173 Å². The quantitative estimate of drug-likeness (QED) is 0.631. The monoisotopic (exact) mass is 437 g/mol. The molecule has 1 aromatic carbocycles. The number of nitrogens with zero attached hydrogens (tertiary/aromatic N) is 5. The second kappa shape index (κ2) is 7.71. The summed E-state index contributed by atoms with van der Waals surface area (Å²) in [5.74, 6) is -1.45. The maximum absolute atomic E-state index is 13.0. The van der Waals surface area contributed by atoms with Gasteiger partial charge in [-0.1, -0.05) is 30.3 Å². The summed E-state index contributed by atoms with van der Waals surface area (Å²) in [6.45, 7) is 0.623. The molecule has 3 heterocycles. The van der Waals surface area contributed by atoms with Gasteiger partial charge in [0.25, 0.3) is 5.91 Å². The Morgan fingerprint density at radius 3 is 2.43 bits per heavy atom. The summed E-state index contributed by atoms with van der Waals surface area (Å²) in [5.41, 5.74) is 0.459. The summed E-state index contributed by atoms with van der Waals surface area (Å²) in [4.78, 5) is 31.0. The van der Waals surface area contributed by atoms with Crippen LogP contribution in [0.15, 0.2) is 40.5 Å². The number of thiazole rings is 1. The maximum Gasteiger partial charge on any atom is 0.451 e. The molecular weight excluding hydrogens is 419 g/mol. The molecule has 0 saturated carbocycles. The van der Waals surface area contributed by atoms with E-state index in [-0.39, 0.29) is 5.91 Å². The van der Waals surface area contributed by atoms with Crippen LogP contribution in [0.2, 0.25) is 0 Å². The highest BCUT2D eigenvalue weighted by Gasteiger charge is 2.39. The average molecular weight is 437 g/mol. The third kappa shape index (κ3) is 3.76. The highest BCUT2D eigenvalue weighted by molar-refractivity contribution is 7.13. The van der Waals surface area contributed by atoms with E-state index in [1.807, 2.05) is 30.3 Å². The van der Waals surface area contributed by atoms with Gasteiger partial charge in [-0.3, -0.25) is 9.36 Å². The van der Waals surface area contributed by atoms with Gasteiger partial charge in [0.2, 0.25) is 5.82 Å². The zero-order chi connectivity index (χ0) is 21.5. The van der Waals surface area contributed by atoms with E-state index in [2.05, 4.69) is 10.1 Å². The van der Waals surface area contributed by atoms with E-state index in [9.17, 15) is 22.8 Å². The van der Waals surface area contributed by atoms with Crippen LogP contribution in [0.25, 0.3) is 10.6 Å². The summed E-state index contributed by atoms with van der Waals surface area (Å²) < 4.78 is 40.4. The van der Waals surface area contributed by atoms with Crippen LogP contribution in [0.3, 0.4) is 0 Å². The van der Waals surface area contributed by atoms with E-state index in [1.165, 1.54) is 11.3 Å². The van der Waals surface area contributed by atoms with Gasteiger partial charge in [-0.05, 0) is 12.8 Å². The SMILES string of the molecule is Cn1c(C(F)(F)F)nn(C2CCN(C(=O)c3csc(-c4ccccc4)n3)CC2)c1=O. The fraction of sp³-hybridized carbons (Fsp3) is 0.368. The largest absolute Gasteiger partial charge is 0.451 e. The van der Waals surface area contributed by atoms with Crippen molar-refractivity contribution in [1.29, 1.82) is 0 Å². The predicted octanol–water partition coefficient (Wildman–Crippen LogP) is 3.20. The first-order chi connectivity index (χ1) is 14.3. The smallest absolute Gasteiger partial charge is 0.337 e. The standard InChI is InChI=1S/C19H18F3N5O2S/c1-25-17(19(20,21)22)24-27(18(25)29)13-7-9-26(10-8-13)16(28)14-11-30-15(23-14)12-5-3-2-4-6-12/h2-6,11,13H,7-10H2,1H3. The minimum absolute atomic E-state index is 0.226. The van der Waals surface area contributed by atoms with Crippen molar-refractivity contribution >= 4 is 17.2 Å². The summed E-state index contributed by atoms with van der Waals surface area (Å²) in [6.07, 6.45) is -4.01. The Hall–Kier alpha value is -2.95. The number of rotatable bonds is 3. The molecule has 0 radical (unpaired) electrons. The molecule has 0 aliphatic carbocycles. The van der Waals surface area contributed by atoms with Crippen LogP contribution < -0.4 is 5.69 Å². The van der Waals surface area contributed by atoms with Crippen molar-refractivity contribution < 1.29 is 18.0 Å². The van der Waals surface area contributed by atoms with Crippen LogP contribution >= 0.6 is 11.3 Å². The second-order valence-electron chi connectivity index (χ2n) is 7.03. The lowest BCUT2D eigenvalue weighted by atomic mass is 10.1. The van der Waals surface area contributed by atoms with E-state index in [4.69, 9.17) is 0 Å². The molecule has 0 unspecified atom stereocenters. The van der Waals surface area contributed by atoms with Gasteiger partial charge in [0.15, 0.2) is 0 Å². The van der Waals surface area contributed by atoms with Crippen LogP contribution in [0.5, 0.6) is 0 Å².